The van der Waals surface area contributed by atoms with Crippen molar-refractivity contribution in [3.63, 3.8) is 0 Å². The summed E-state index contributed by atoms with van der Waals surface area (Å²) < 4.78 is 11.0. The van der Waals surface area contributed by atoms with Crippen molar-refractivity contribution >= 4 is 13.3 Å². The zero-order chi connectivity index (χ0) is 12.1. The highest BCUT2D eigenvalue weighted by molar-refractivity contribution is 7.46. The molecule has 0 saturated carbocycles. The molecule has 0 aliphatic rings. The Bertz CT molecular complexity index is 594. The van der Waals surface area contributed by atoms with E-state index >= 15 is 0 Å². The van der Waals surface area contributed by atoms with Gasteiger partial charge in [-0.15, -0.1) is 0 Å². The Labute approximate surface area is 101 Å². The van der Waals surface area contributed by atoms with Crippen LogP contribution in [0, 0.1) is 11.8 Å². The molecule has 2 nitrogen and oxygen atoms in total. The second-order valence-electron chi connectivity index (χ2n) is 3.39. The normalized spacial score (nSPS) is 10.3. The molecule has 3 heteroatoms. The molecule has 0 saturated heterocycles. The van der Waals surface area contributed by atoms with Crippen molar-refractivity contribution in [2.24, 2.45) is 0 Å². The molecule has 0 bridgehead atoms. The van der Waals surface area contributed by atoms with Crippen LogP contribution >= 0.6 is 8.03 Å². The minimum atomic E-state index is -2.60. The third-order valence-electron chi connectivity index (χ3n) is 2.22. The van der Waals surface area contributed by atoms with E-state index in [4.69, 9.17) is 0 Å². The molecule has 82 valence electrons. The van der Waals surface area contributed by atoms with Gasteiger partial charge in [0.05, 0.1) is 5.56 Å². The van der Waals surface area contributed by atoms with E-state index < -0.39 is 8.03 Å². The molecule has 0 aliphatic heterocycles. The SMILES string of the molecule is O=[P+]([O-])c1ccccc1C#Cc1ccccc1. The first-order chi connectivity index (χ1) is 8.27. The van der Waals surface area contributed by atoms with Crippen LogP contribution in [0.25, 0.3) is 0 Å². The molecular weight excluding hydrogens is 231 g/mol. The number of hydrogen-bond acceptors (Lipinski definition) is 2. The van der Waals surface area contributed by atoms with Crippen LogP contribution in [-0.2, 0) is 4.57 Å². The van der Waals surface area contributed by atoms with Crippen LogP contribution < -0.4 is 10.2 Å². The standard InChI is InChI=1S/C14H9O2P/c15-17(16)14-9-5-4-8-13(14)11-10-12-6-2-1-3-7-12/h1-9H. The zero-order valence-corrected chi connectivity index (χ0v) is 9.85. The average molecular weight is 240 g/mol. The minimum Gasteiger partial charge on any atom is -0.591 e. The summed E-state index contributed by atoms with van der Waals surface area (Å²) >= 11 is 0. The molecule has 0 spiro atoms. The first-order valence-corrected chi connectivity index (χ1v) is 6.25. The van der Waals surface area contributed by atoms with Crippen LogP contribution in [0.3, 0.4) is 0 Å². The van der Waals surface area contributed by atoms with Gasteiger partial charge >= 0.3 is 8.03 Å². The predicted octanol–water partition coefficient (Wildman–Crippen LogP) is 1.81. The van der Waals surface area contributed by atoms with Crippen molar-refractivity contribution in [1.29, 1.82) is 0 Å². The maximum atomic E-state index is 11.0. The lowest BCUT2D eigenvalue weighted by molar-refractivity contribution is -0.160. The number of hydrogen-bond donors (Lipinski definition) is 0. The summed E-state index contributed by atoms with van der Waals surface area (Å²) in [5.74, 6) is 5.82. The Morgan fingerprint density at radius 3 is 2.24 bits per heavy atom. The lowest BCUT2D eigenvalue weighted by atomic mass is 10.2. The summed E-state index contributed by atoms with van der Waals surface area (Å²) in [7, 11) is -2.60. The van der Waals surface area contributed by atoms with Crippen molar-refractivity contribution < 1.29 is 9.46 Å². The van der Waals surface area contributed by atoms with Crippen molar-refractivity contribution in [2.45, 2.75) is 0 Å². The fourth-order valence-corrected chi connectivity index (χ4v) is 1.93. The molecule has 0 aromatic heterocycles. The van der Waals surface area contributed by atoms with E-state index in [1.54, 1.807) is 24.3 Å². The van der Waals surface area contributed by atoms with Gasteiger partial charge in [-0.1, -0.05) is 46.7 Å². The zero-order valence-electron chi connectivity index (χ0n) is 8.96. The summed E-state index contributed by atoms with van der Waals surface area (Å²) in [6, 6.07) is 16.2. The van der Waals surface area contributed by atoms with Crippen LogP contribution in [0.4, 0.5) is 0 Å². The highest BCUT2D eigenvalue weighted by Crippen LogP contribution is 2.11. The summed E-state index contributed by atoms with van der Waals surface area (Å²) in [5.41, 5.74) is 1.40. The lowest BCUT2D eigenvalue weighted by Crippen LogP contribution is -2.08. The molecule has 2 aromatic carbocycles. The third kappa shape index (κ3) is 3.01. The van der Waals surface area contributed by atoms with E-state index in [0.29, 0.717) is 5.56 Å². The summed E-state index contributed by atoms with van der Waals surface area (Å²) in [6.07, 6.45) is 0. The quantitative estimate of drug-likeness (QED) is 0.563. The van der Waals surface area contributed by atoms with Crippen LogP contribution in [-0.4, -0.2) is 0 Å². The number of benzene rings is 2. The molecular formula is C14H9O2P. The van der Waals surface area contributed by atoms with Crippen LogP contribution in [0.2, 0.25) is 0 Å². The third-order valence-corrected chi connectivity index (χ3v) is 3.00. The monoisotopic (exact) mass is 240 g/mol. The van der Waals surface area contributed by atoms with Gasteiger partial charge in [-0.05, 0) is 24.3 Å². The van der Waals surface area contributed by atoms with E-state index in [1.807, 2.05) is 30.3 Å². The molecule has 0 radical (unpaired) electrons. The summed E-state index contributed by atoms with van der Waals surface area (Å²) in [4.78, 5) is 11.0. The van der Waals surface area contributed by atoms with Gasteiger partial charge in [0.15, 0.2) is 0 Å². The minimum absolute atomic E-state index is 0.269. The maximum Gasteiger partial charge on any atom is 0.350 e. The smallest absolute Gasteiger partial charge is 0.350 e. The van der Waals surface area contributed by atoms with E-state index in [2.05, 4.69) is 11.8 Å². The first kappa shape index (κ1) is 11.5. The van der Waals surface area contributed by atoms with Gasteiger partial charge < -0.3 is 4.89 Å². The molecule has 0 aliphatic carbocycles. The Kier molecular flexibility index (Phi) is 3.67. The van der Waals surface area contributed by atoms with E-state index in [1.165, 1.54) is 0 Å². The van der Waals surface area contributed by atoms with Gasteiger partial charge in [0, 0.05) is 5.56 Å². The topological polar surface area (TPSA) is 40.1 Å². The second-order valence-corrected chi connectivity index (χ2v) is 4.39. The molecule has 0 heterocycles. The summed E-state index contributed by atoms with van der Waals surface area (Å²) in [6.45, 7) is 0. The van der Waals surface area contributed by atoms with Crippen molar-refractivity contribution in [1.82, 2.24) is 0 Å². The Hall–Kier alpha value is -1.94. The molecule has 0 fully saturated rings. The van der Waals surface area contributed by atoms with Crippen LogP contribution in [0.5, 0.6) is 0 Å². The van der Waals surface area contributed by atoms with Gasteiger partial charge in [-0.25, -0.2) is 0 Å². The van der Waals surface area contributed by atoms with Crippen molar-refractivity contribution in [3.05, 3.63) is 65.7 Å². The average Bonchev–Trinajstić information content (AvgIpc) is 2.38. The van der Waals surface area contributed by atoms with E-state index in [-0.39, 0.29) is 5.30 Å². The summed E-state index contributed by atoms with van der Waals surface area (Å²) in [5, 5.41) is 0.269. The fourth-order valence-electron chi connectivity index (χ4n) is 1.40. The highest BCUT2D eigenvalue weighted by Gasteiger charge is 2.10. The molecule has 2 aromatic rings. The van der Waals surface area contributed by atoms with Gasteiger partial charge in [-0.3, -0.25) is 0 Å². The Balaban J connectivity index is 2.38. The maximum absolute atomic E-state index is 11.0. The van der Waals surface area contributed by atoms with Crippen LogP contribution in [0.15, 0.2) is 54.6 Å². The van der Waals surface area contributed by atoms with Gasteiger partial charge in [-0.2, -0.15) is 0 Å². The van der Waals surface area contributed by atoms with Crippen molar-refractivity contribution in [2.75, 3.05) is 0 Å². The second kappa shape index (κ2) is 5.41. The van der Waals surface area contributed by atoms with E-state index in [0.717, 1.165) is 5.56 Å². The van der Waals surface area contributed by atoms with E-state index in [9.17, 15) is 9.46 Å². The fraction of sp³-hybridized carbons (Fsp3) is 0. The Morgan fingerprint density at radius 1 is 0.882 bits per heavy atom. The molecule has 17 heavy (non-hydrogen) atoms. The van der Waals surface area contributed by atoms with Crippen LogP contribution in [0.1, 0.15) is 11.1 Å². The number of rotatable bonds is 1. The Morgan fingerprint density at radius 2 is 1.53 bits per heavy atom. The van der Waals surface area contributed by atoms with Gasteiger partial charge in [0.2, 0.25) is 5.30 Å². The molecule has 1 unspecified atom stereocenters. The largest absolute Gasteiger partial charge is 0.591 e. The predicted molar refractivity (Wildman–Crippen MR) is 66.1 cm³/mol. The van der Waals surface area contributed by atoms with Gasteiger partial charge in [0.1, 0.15) is 0 Å². The molecule has 0 N–H and O–H groups in total. The van der Waals surface area contributed by atoms with Gasteiger partial charge in [0.25, 0.3) is 0 Å². The molecule has 0 amide bonds. The lowest BCUT2D eigenvalue weighted by Gasteiger charge is -1.93. The molecule has 1 atom stereocenters. The molecule has 2 rings (SSSR count). The highest BCUT2D eigenvalue weighted by atomic mass is 31.1. The first-order valence-electron chi connectivity index (χ1n) is 5.08. The van der Waals surface area contributed by atoms with Crippen molar-refractivity contribution in [3.8, 4) is 11.8 Å².